The molecule has 1 aliphatic rings. The summed E-state index contributed by atoms with van der Waals surface area (Å²) in [5, 5.41) is 9.11. The summed E-state index contributed by atoms with van der Waals surface area (Å²) in [5.41, 5.74) is 1.34. The molecule has 0 aliphatic carbocycles. The van der Waals surface area contributed by atoms with Crippen molar-refractivity contribution in [3.05, 3.63) is 35.9 Å². The van der Waals surface area contributed by atoms with Crippen molar-refractivity contribution in [1.82, 2.24) is 4.90 Å². The Hall–Kier alpha value is -0.860. The Balaban J connectivity index is 1.94. The summed E-state index contributed by atoms with van der Waals surface area (Å²) in [5.74, 6) is 0. The Morgan fingerprint density at radius 2 is 1.93 bits per heavy atom. The van der Waals surface area contributed by atoms with E-state index in [2.05, 4.69) is 36.1 Å². The van der Waals surface area contributed by atoms with Crippen LogP contribution in [-0.4, -0.2) is 28.7 Å². The second kappa shape index (κ2) is 4.11. The number of aliphatic hydroxyl groups excluding tert-OH is 1. The van der Waals surface area contributed by atoms with Crippen molar-refractivity contribution in [2.24, 2.45) is 0 Å². The van der Waals surface area contributed by atoms with Gasteiger partial charge in [0.25, 0.3) is 0 Å². The highest BCUT2D eigenvalue weighted by Crippen LogP contribution is 2.32. The molecule has 14 heavy (non-hydrogen) atoms. The largest absolute Gasteiger partial charge is 0.395 e. The Bertz CT molecular complexity index is 276. The highest BCUT2D eigenvalue weighted by Gasteiger charge is 2.44. The molecule has 76 valence electrons. The molecule has 1 aliphatic heterocycles. The Labute approximate surface area is 85.2 Å². The van der Waals surface area contributed by atoms with Crippen LogP contribution in [0.15, 0.2) is 30.3 Å². The van der Waals surface area contributed by atoms with Gasteiger partial charge in [0.05, 0.1) is 6.61 Å². The van der Waals surface area contributed by atoms with E-state index >= 15 is 0 Å². The lowest BCUT2D eigenvalue weighted by atomic mass is 10.2. The predicted octanol–water partition coefficient (Wildman–Crippen LogP) is 1.64. The molecule has 0 bridgehead atoms. The summed E-state index contributed by atoms with van der Waals surface area (Å²) in [6, 6.07) is 11.4. The van der Waals surface area contributed by atoms with Crippen LogP contribution in [0.25, 0.3) is 0 Å². The minimum Gasteiger partial charge on any atom is -0.395 e. The number of nitrogens with zero attached hydrogens (tertiary/aromatic N) is 1. The maximum absolute atomic E-state index is 9.11. The van der Waals surface area contributed by atoms with Crippen LogP contribution in [0.3, 0.4) is 0 Å². The van der Waals surface area contributed by atoms with E-state index in [-0.39, 0.29) is 0 Å². The van der Waals surface area contributed by atoms with Crippen LogP contribution in [-0.2, 0) is 6.54 Å². The van der Waals surface area contributed by atoms with Gasteiger partial charge in [0, 0.05) is 18.6 Å². The van der Waals surface area contributed by atoms with Crippen LogP contribution in [0.2, 0.25) is 0 Å². The van der Waals surface area contributed by atoms with E-state index in [0.717, 1.165) is 13.0 Å². The van der Waals surface area contributed by atoms with Gasteiger partial charge in [-0.2, -0.15) is 0 Å². The molecule has 2 heteroatoms. The van der Waals surface area contributed by atoms with Crippen molar-refractivity contribution >= 4 is 0 Å². The van der Waals surface area contributed by atoms with E-state index < -0.39 is 0 Å². The second-order valence-corrected chi connectivity index (χ2v) is 3.88. The summed E-state index contributed by atoms with van der Waals surface area (Å²) < 4.78 is 0. The molecular formula is C12H17NO. The van der Waals surface area contributed by atoms with Gasteiger partial charge in [0.2, 0.25) is 0 Å². The first-order valence-electron chi connectivity index (χ1n) is 5.27. The number of benzene rings is 1. The average molecular weight is 191 g/mol. The molecular weight excluding hydrogens is 174 g/mol. The van der Waals surface area contributed by atoms with Gasteiger partial charge in [-0.05, 0) is 12.0 Å². The highest BCUT2D eigenvalue weighted by atomic mass is 16.3. The minimum absolute atomic E-state index is 0.297. The second-order valence-electron chi connectivity index (χ2n) is 3.88. The molecule has 0 spiro atoms. The van der Waals surface area contributed by atoms with Crippen molar-refractivity contribution in [2.45, 2.75) is 32.0 Å². The lowest BCUT2D eigenvalue weighted by Crippen LogP contribution is -2.04. The molecule has 1 saturated heterocycles. The Morgan fingerprint density at radius 1 is 1.21 bits per heavy atom. The van der Waals surface area contributed by atoms with Crippen LogP contribution in [0, 0.1) is 0 Å². The molecule has 1 heterocycles. The van der Waals surface area contributed by atoms with Gasteiger partial charge in [0.1, 0.15) is 0 Å². The third-order valence-corrected chi connectivity index (χ3v) is 3.02. The van der Waals surface area contributed by atoms with Crippen molar-refractivity contribution in [3.8, 4) is 0 Å². The van der Waals surface area contributed by atoms with Crippen LogP contribution >= 0.6 is 0 Å². The summed E-state index contributed by atoms with van der Waals surface area (Å²) in [6.45, 7) is 3.45. The van der Waals surface area contributed by atoms with Gasteiger partial charge in [0.15, 0.2) is 0 Å². The molecule has 2 nitrogen and oxygen atoms in total. The molecule has 0 radical (unpaired) electrons. The van der Waals surface area contributed by atoms with E-state index in [4.69, 9.17) is 5.11 Å². The van der Waals surface area contributed by atoms with Crippen LogP contribution in [0.1, 0.15) is 18.9 Å². The molecule has 1 aromatic rings. The molecule has 1 fully saturated rings. The van der Waals surface area contributed by atoms with Gasteiger partial charge in [-0.1, -0.05) is 37.3 Å². The van der Waals surface area contributed by atoms with Gasteiger partial charge >= 0.3 is 0 Å². The van der Waals surface area contributed by atoms with E-state index in [1.165, 1.54) is 5.56 Å². The Morgan fingerprint density at radius 3 is 2.43 bits per heavy atom. The highest BCUT2D eigenvalue weighted by molar-refractivity contribution is 5.17. The lowest BCUT2D eigenvalue weighted by molar-refractivity contribution is 0.272. The fraction of sp³-hybridized carbons (Fsp3) is 0.500. The third-order valence-electron chi connectivity index (χ3n) is 3.02. The first-order chi connectivity index (χ1) is 6.86. The monoisotopic (exact) mass is 191 g/mol. The number of aliphatic hydroxyl groups is 1. The average Bonchev–Trinajstić information content (AvgIpc) is 2.91. The summed E-state index contributed by atoms with van der Waals surface area (Å²) in [4.78, 5) is 2.36. The zero-order valence-corrected chi connectivity index (χ0v) is 8.56. The van der Waals surface area contributed by atoms with Gasteiger partial charge in [-0.15, -0.1) is 0 Å². The van der Waals surface area contributed by atoms with Gasteiger partial charge in [-0.25, -0.2) is 0 Å². The van der Waals surface area contributed by atoms with Crippen LogP contribution in [0.5, 0.6) is 0 Å². The Kier molecular flexibility index (Phi) is 2.85. The molecule has 0 amide bonds. The topological polar surface area (TPSA) is 23.2 Å². The smallest absolute Gasteiger partial charge is 0.0602 e. The molecule has 3 atom stereocenters. The van der Waals surface area contributed by atoms with Crippen molar-refractivity contribution in [2.75, 3.05) is 6.61 Å². The van der Waals surface area contributed by atoms with Crippen molar-refractivity contribution in [3.63, 3.8) is 0 Å². The zero-order chi connectivity index (χ0) is 9.97. The molecule has 1 N–H and O–H groups in total. The molecule has 2 rings (SSSR count). The lowest BCUT2D eigenvalue weighted by Gasteiger charge is -2.02. The standard InChI is InChI=1S/C12H17NO/c1-2-11-12(9-14)13(11)8-10-6-4-3-5-7-10/h3-7,11-12,14H,2,8-9H2,1H3/t11-,12-,13?/m0/s1. The molecule has 1 unspecified atom stereocenters. The zero-order valence-electron chi connectivity index (χ0n) is 8.56. The fourth-order valence-corrected chi connectivity index (χ4v) is 2.15. The van der Waals surface area contributed by atoms with Gasteiger partial charge in [-0.3, -0.25) is 4.90 Å². The quantitative estimate of drug-likeness (QED) is 0.731. The molecule has 0 aromatic heterocycles. The predicted molar refractivity (Wildman–Crippen MR) is 56.9 cm³/mol. The summed E-state index contributed by atoms with van der Waals surface area (Å²) >= 11 is 0. The van der Waals surface area contributed by atoms with E-state index in [1.54, 1.807) is 0 Å². The summed E-state index contributed by atoms with van der Waals surface area (Å²) in [7, 11) is 0. The first-order valence-corrected chi connectivity index (χ1v) is 5.27. The number of rotatable bonds is 4. The normalized spacial score (nSPS) is 30.3. The molecule has 1 aromatic carbocycles. The maximum Gasteiger partial charge on any atom is 0.0602 e. The SMILES string of the molecule is CC[C@H]1[C@H](CO)N1Cc1ccccc1. The van der Waals surface area contributed by atoms with Crippen LogP contribution < -0.4 is 0 Å². The number of hydrogen-bond acceptors (Lipinski definition) is 2. The minimum atomic E-state index is 0.297. The van der Waals surface area contributed by atoms with Crippen LogP contribution in [0.4, 0.5) is 0 Å². The van der Waals surface area contributed by atoms with Crippen molar-refractivity contribution < 1.29 is 5.11 Å². The van der Waals surface area contributed by atoms with Gasteiger partial charge < -0.3 is 5.11 Å². The van der Waals surface area contributed by atoms with E-state index in [0.29, 0.717) is 18.7 Å². The summed E-state index contributed by atoms with van der Waals surface area (Å²) in [6.07, 6.45) is 1.14. The van der Waals surface area contributed by atoms with E-state index in [1.807, 2.05) is 6.07 Å². The third kappa shape index (κ3) is 1.81. The number of hydrogen-bond donors (Lipinski definition) is 1. The first kappa shape index (κ1) is 9.69. The van der Waals surface area contributed by atoms with E-state index in [9.17, 15) is 0 Å². The maximum atomic E-state index is 9.11. The molecule has 0 saturated carbocycles. The fourth-order valence-electron chi connectivity index (χ4n) is 2.15. The van der Waals surface area contributed by atoms with Crippen molar-refractivity contribution in [1.29, 1.82) is 0 Å².